The molecule has 0 unspecified atom stereocenters. The maximum Gasteiger partial charge on any atom is 0.316 e. The van der Waals surface area contributed by atoms with Gasteiger partial charge in [-0.3, -0.25) is 19.7 Å². The Balaban J connectivity index is 1.50. The zero-order valence-electron chi connectivity index (χ0n) is 15.9. The van der Waals surface area contributed by atoms with E-state index >= 15 is 0 Å². The highest BCUT2D eigenvalue weighted by atomic mass is 32.2. The molecule has 0 aliphatic rings. The number of H-pyrrole nitrogens is 1. The molecule has 0 spiro atoms. The van der Waals surface area contributed by atoms with Gasteiger partial charge < -0.3 is 9.72 Å². The van der Waals surface area contributed by atoms with Crippen molar-refractivity contribution in [3.63, 3.8) is 0 Å². The van der Waals surface area contributed by atoms with Crippen LogP contribution in [0.1, 0.15) is 5.56 Å². The molecule has 0 saturated heterocycles. The Kier molecular flexibility index (Phi) is 5.76. The first-order chi connectivity index (χ1) is 15.0. The summed E-state index contributed by atoms with van der Waals surface area (Å²) in [6.45, 7) is 0.163. The first-order valence-electron chi connectivity index (χ1n) is 9.06. The molecular weight excluding hydrogens is 422 g/mol. The third-order valence-electron chi connectivity index (χ3n) is 4.29. The molecule has 1 N–H and O–H groups in total. The van der Waals surface area contributed by atoms with Crippen LogP contribution in [0.25, 0.3) is 16.7 Å². The van der Waals surface area contributed by atoms with Crippen molar-refractivity contribution < 1.29 is 14.5 Å². The van der Waals surface area contributed by atoms with E-state index in [0.29, 0.717) is 5.69 Å². The lowest BCUT2D eigenvalue weighted by Crippen LogP contribution is -2.12. The number of nitro benzene ring substituents is 1. The number of fused-ring (bicyclic) bond motifs is 1. The number of rotatable bonds is 7. The molecule has 0 atom stereocenters. The molecule has 156 valence electrons. The van der Waals surface area contributed by atoms with Crippen molar-refractivity contribution in [2.75, 3.05) is 5.75 Å². The van der Waals surface area contributed by atoms with Gasteiger partial charge in [-0.25, -0.2) is 9.67 Å². The van der Waals surface area contributed by atoms with Crippen LogP contribution in [-0.2, 0) is 16.1 Å². The number of hydrogen-bond donors (Lipinski definition) is 1. The van der Waals surface area contributed by atoms with Crippen molar-refractivity contribution in [2.45, 2.75) is 11.8 Å². The summed E-state index contributed by atoms with van der Waals surface area (Å²) in [5.41, 5.74) is 1.20. The molecule has 0 bridgehead atoms. The van der Waals surface area contributed by atoms with Crippen LogP contribution >= 0.6 is 11.8 Å². The van der Waals surface area contributed by atoms with Crippen LogP contribution in [-0.4, -0.2) is 36.4 Å². The first-order valence-corrected chi connectivity index (χ1v) is 10.0. The summed E-state index contributed by atoms with van der Waals surface area (Å²) in [7, 11) is 0. The van der Waals surface area contributed by atoms with Gasteiger partial charge >= 0.3 is 5.97 Å². The summed E-state index contributed by atoms with van der Waals surface area (Å²) in [6, 6.07) is 15.0. The van der Waals surface area contributed by atoms with Gasteiger partial charge in [-0.05, 0) is 17.7 Å². The summed E-state index contributed by atoms with van der Waals surface area (Å²) in [5.74, 6) is -0.479. The monoisotopic (exact) mass is 437 g/mol. The Bertz CT molecular complexity index is 1300. The Morgan fingerprint density at radius 3 is 2.61 bits per heavy atom. The minimum absolute atomic E-state index is 0.0348. The number of aromatic nitrogens is 4. The highest BCUT2D eigenvalue weighted by molar-refractivity contribution is 7.99. The van der Waals surface area contributed by atoms with Gasteiger partial charge in [-0.1, -0.05) is 42.1 Å². The van der Waals surface area contributed by atoms with Gasteiger partial charge in [-0.15, -0.1) is 0 Å². The van der Waals surface area contributed by atoms with Crippen LogP contribution in [0.15, 0.2) is 70.7 Å². The second-order valence-corrected chi connectivity index (χ2v) is 7.34. The van der Waals surface area contributed by atoms with Crippen molar-refractivity contribution in [1.82, 2.24) is 19.7 Å². The maximum atomic E-state index is 12.4. The number of non-ortho nitro benzene ring substituents is 1. The number of ether oxygens (including phenoxy) is 1. The van der Waals surface area contributed by atoms with Crippen LogP contribution < -0.4 is 5.56 Å². The average Bonchev–Trinajstić information content (AvgIpc) is 3.21. The van der Waals surface area contributed by atoms with Gasteiger partial charge in [0.25, 0.3) is 11.2 Å². The number of thioether (sulfide) groups is 1. The zero-order chi connectivity index (χ0) is 21.8. The summed E-state index contributed by atoms with van der Waals surface area (Å²) in [5, 5.41) is 15.5. The number of benzene rings is 2. The van der Waals surface area contributed by atoms with E-state index in [1.807, 2.05) is 30.3 Å². The Morgan fingerprint density at radius 2 is 1.90 bits per heavy atom. The molecule has 0 saturated carbocycles. The highest BCUT2D eigenvalue weighted by Gasteiger charge is 2.14. The summed E-state index contributed by atoms with van der Waals surface area (Å²) in [4.78, 5) is 41.7. The van der Waals surface area contributed by atoms with E-state index in [9.17, 15) is 19.7 Å². The third-order valence-corrected chi connectivity index (χ3v) is 5.14. The average molecular weight is 437 g/mol. The lowest BCUT2D eigenvalue weighted by atomic mass is 10.2. The van der Waals surface area contributed by atoms with Gasteiger partial charge in [0, 0.05) is 12.1 Å². The second kappa shape index (κ2) is 8.79. The smallest absolute Gasteiger partial charge is 0.316 e. The van der Waals surface area contributed by atoms with Gasteiger partial charge in [0.2, 0.25) is 0 Å². The molecule has 4 aromatic rings. The Labute approximate surface area is 179 Å². The van der Waals surface area contributed by atoms with Gasteiger partial charge in [0.15, 0.2) is 10.8 Å². The lowest BCUT2D eigenvalue weighted by molar-refractivity contribution is -0.384. The summed E-state index contributed by atoms with van der Waals surface area (Å²) < 4.78 is 6.63. The van der Waals surface area contributed by atoms with Crippen LogP contribution in [0.3, 0.4) is 0 Å². The molecule has 0 fully saturated rings. The van der Waals surface area contributed by atoms with Crippen LogP contribution in [0.2, 0.25) is 0 Å². The fourth-order valence-electron chi connectivity index (χ4n) is 2.78. The molecule has 0 radical (unpaired) electrons. The fourth-order valence-corrected chi connectivity index (χ4v) is 3.43. The van der Waals surface area contributed by atoms with Crippen molar-refractivity contribution in [3.8, 4) is 5.69 Å². The molecule has 2 heterocycles. The number of nitrogens with one attached hydrogen (secondary N) is 1. The zero-order valence-corrected chi connectivity index (χ0v) is 16.7. The number of carbonyl (C=O) groups is 1. The molecule has 0 aliphatic carbocycles. The lowest BCUT2D eigenvalue weighted by Gasteiger charge is -2.06. The number of nitrogens with zero attached hydrogens (tertiary/aromatic N) is 4. The molecule has 31 heavy (non-hydrogen) atoms. The largest absolute Gasteiger partial charge is 0.460 e. The fraction of sp³-hybridized carbons (Fsp3) is 0.100. The summed E-state index contributed by atoms with van der Waals surface area (Å²) in [6.07, 6.45) is 1.37. The maximum absolute atomic E-state index is 12.4. The molecule has 0 amide bonds. The van der Waals surface area contributed by atoms with E-state index in [1.165, 1.54) is 35.1 Å². The molecular formula is C20H15N5O5S. The molecule has 2 aromatic carbocycles. The number of nitro groups is 1. The SMILES string of the molecule is O=C(CSc1nc2c(cnn2-c2ccc([N+](=O)[O-])cc2)c(=O)[nH]1)OCc1ccccc1. The van der Waals surface area contributed by atoms with Crippen LogP contribution in [0.4, 0.5) is 5.69 Å². The van der Waals surface area contributed by atoms with Crippen LogP contribution in [0.5, 0.6) is 0 Å². The molecule has 0 aliphatic heterocycles. The second-order valence-electron chi connectivity index (χ2n) is 6.37. The van der Waals surface area contributed by atoms with E-state index in [1.54, 1.807) is 0 Å². The van der Waals surface area contributed by atoms with E-state index in [2.05, 4.69) is 15.1 Å². The minimum atomic E-state index is -0.500. The van der Waals surface area contributed by atoms with E-state index in [4.69, 9.17) is 4.74 Å². The highest BCUT2D eigenvalue weighted by Crippen LogP contribution is 2.20. The quantitative estimate of drug-likeness (QED) is 0.153. The van der Waals surface area contributed by atoms with Crippen molar-refractivity contribution in [1.29, 1.82) is 0 Å². The van der Waals surface area contributed by atoms with Gasteiger partial charge in [0.1, 0.15) is 12.0 Å². The molecule has 10 nitrogen and oxygen atoms in total. The number of esters is 1. The third kappa shape index (κ3) is 4.61. The topological polar surface area (TPSA) is 133 Å². The van der Waals surface area contributed by atoms with Gasteiger partial charge in [0.05, 0.1) is 22.6 Å². The first kappa shape index (κ1) is 20.3. The molecule has 4 rings (SSSR count). The number of hydrogen-bond acceptors (Lipinski definition) is 8. The van der Waals surface area contributed by atoms with Crippen molar-refractivity contribution in [2.24, 2.45) is 0 Å². The Hall–Kier alpha value is -3.99. The standard InChI is InChI=1S/C20H15N5O5S/c26-17(30-11-13-4-2-1-3-5-13)12-31-20-22-18-16(19(27)23-20)10-21-24(18)14-6-8-15(9-7-14)25(28)29/h1-10H,11-12H2,(H,22,23,27). The van der Waals surface area contributed by atoms with Gasteiger partial charge in [-0.2, -0.15) is 5.10 Å². The Morgan fingerprint density at radius 1 is 1.16 bits per heavy atom. The normalized spacial score (nSPS) is 10.8. The molecule has 11 heteroatoms. The summed E-state index contributed by atoms with van der Waals surface area (Å²) >= 11 is 1.03. The predicted octanol–water partition coefficient (Wildman–Crippen LogP) is 2.85. The number of aromatic amines is 1. The minimum Gasteiger partial charge on any atom is -0.460 e. The predicted molar refractivity (Wildman–Crippen MR) is 113 cm³/mol. The molecule has 2 aromatic heterocycles. The number of carbonyl (C=O) groups excluding carboxylic acids is 1. The van der Waals surface area contributed by atoms with Crippen molar-refractivity contribution in [3.05, 3.63) is 86.8 Å². The van der Waals surface area contributed by atoms with E-state index in [0.717, 1.165) is 17.3 Å². The van der Waals surface area contributed by atoms with E-state index in [-0.39, 0.29) is 34.2 Å². The van der Waals surface area contributed by atoms with E-state index < -0.39 is 16.5 Å². The van der Waals surface area contributed by atoms with Crippen LogP contribution in [0, 0.1) is 10.1 Å². The van der Waals surface area contributed by atoms with Crippen molar-refractivity contribution >= 4 is 34.5 Å².